The Morgan fingerprint density at radius 2 is 1.81 bits per heavy atom. The molecular formula is C18H28N2O. The van der Waals surface area contributed by atoms with Crippen LogP contribution in [0.5, 0.6) is 0 Å². The molecule has 3 nitrogen and oxygen atoms in total. The zero-order valence-corrected chi connectivity index (χ0v) is 13.1. The highest BCUT2D eigenvalue weighted by Crippen LogP contribution is 2.25. The van der Waals surface area contributed by atoms with Crippen LogP contribution >= 0.6 is 0 Å². The Morgan fingerprint density at radius 1 is 1.10 bits per heavy atom. The minimum absolute atomic E-state index is 0.519. The van der Waals surface area contributed by atoms with Crippen molar-refractivity contribution in [1.82, 2.24) is 10.2 Å². The van der Waals surface area contributed by atoms with Crippen LogP contribution in [-0.2, 0) is 11.3 Å². The van der Waals surface area contributed by atoms with Gasteiger partial charge in [0.1, 0.15) is 0 Å². The van der Waals surface area contributed by atoms with Gasteiger partial charge in [0.05, 0.1) is 6.10 Å². The summed E-state index contributed by atoms with van der Waals surface area (Å²) in [5.41, 5.74) is 1.43. The third-order valence-corrected chi connectivity index (χ3v) is 4.81. The molecule has 2 aliphatic rings. The second kappa shape index (κ2) is 7.39. The van der Waals surface area contributed by atoms with Gasteiger partial charge < -0.3 is 10.1 Å². The second-order valence-corrected chi connectivity index (χ2v) is 6.45. The van der Waals surface area contributed by atoms with E-state index in [0.717, 1.165) is 13.2 Å². The van der Waals surface area contributed by atoms with Gasteiger partial charge >= 0.3 is 0 Å². The van der Waals surface area contributed by atoms with E-state index in [0.29, 0.717) is 18.2 Å². The number of nitrogens with one attached hydrogen (secondary N) is 1. The summed E-state index contributed by atoms with van der Waals surface area (Å²) in [7, 11) is 0. The summed E-state index contributed by atoms with van der Waals surface area (Å²) in [6.45, 7) is 6.48. The van der Waals surface area contributed by atoms with Gasteiger partial charge in [0.2, 0.25) is 0 Å². The Bertz CT molecular complexity index is 408. The van der Waals surface area contributed by atoms with Crippen molar-refractivity contribution < 1.29 is 4.74 Å². The molecule has 1 aromatic carbocycles. The Labute approximate surface area is 128 Å². The second-order valence-electron chi connectivity index (χ2n) is 6.45. The molecule has 0 spiro atoms. The summed E-state index contributed by atoms with van der Waals surface area (Å²) in [6, 6.07) is 12.2. The number of hydrogen-bond donors (Lipinski definition) is 1. The number of hydrogen-bond acceptors (Lipinski definition) is 3. The first-order valence-corrected chi connectivity index (χ1v) is 8.47. The van der Waals surface area contributed by atoms with E-state index >= 15 is 0 Å². The van der Waals surface area contributed by atoms with Crippen LogP contribution < -0.4 is 5.32 Å². The van der Waals surface area contributed by atoms with Gasteiger partial charge in [-0.15, -0.1) is 0 Å². The van der Waals surface area contributed by atoms with E-state index in [4.69, 9.17) is 4.74 Å². The van der Waals surface area contributed by atoms with Gasteiger partial charge in [0.25, 0.3) is 0 Å². The lowest BCUT2D eigenvalue weighted by Gasteiger charge is -2.40. The fourth-order valence-electron chi connectivity index (χ4n) is 3.51. The molecule has 0 atom stereocenters. The average Bonchev–Trinajstić information content (AvgIpc) is 2.48. The summed E-state index contributed by atoms with van der Waals surface area (Å²) in [5.74, 6) is 0. The van der Waals surface area contributed by atoms with Crippen LogP contribution in [0.4, 0.5) is 0 Å². The molecule has 21 heavy (non-hydrogen) atoms. The maximum Gasteiger partial charge on any atom is 0.0604 e. The molecule has 116 valence electrons. The first-order valence-electron chi connectivity index (χ1n) is 8.47. The van der Waals surface area contributed by atoms with E-state index in [1.54, 1.807) is 0 Å². The molecule has 2 fully saturated rings. The molecule has 1 aliphatic carbocycles. The molecule has 0 bridgehead atoms. The van der Waals surface area contributed by atoms with Crippen molar-refractivity contribution in [1.29, 1.82) is 0 Å². The van der Waals surface area contributed by atoms with E-state index in [1.807, 2.05) is 0 Å². The lowest BCUT2D eigenvalue weighted by atomic mass is 9.87. The third-order valence-electron chi connectivity index (χ3n) is 4.81. The van der Waals surface area contributed by atoms with Gasteiger partial charge in [0.15, 0.2) is 0 Å². The van der Waals surface area contributed by atoms with Crippen molar-refractivity contribution in [3.63, 3.8) is 0 Å². The Hall–Kier alpha value is -0.900. The zero-order valence-electron chi connectivity index (χ0n) is 13.1. The molecule has 3 heteroatoms. The average molecular weight is 288 g/mol. The molecule has 3 rings (SSSR count). The van der Waals surface area contributed by atoms with Crippen LogP contribution in [0.2, 0.25) is 0 Å². The lowest BCUT2D eigenvalue weighted by Crippen LogP contribution is -2.52. The van der Waals surface area contributed by atoms with Gasteiger partial charge in [0, 0.05) is 25.2 Å². The Kier molecular flexibility index (Phi) is 5.28. The Morgan fingerprint density at radius 3 is 2.48 bits per heavy atom. The van der Waals surface area contributed by atoms with Crippen molar-refractivity contribution >= 4 is 0 Å². The van der Waals surface area contributed by atoms with Crippen molar-refractivity contribution in [2.45, 2.75) is 57.3 Å². The molecule has 1 N–H and O–H groups in total. The fourth-order valence-corrected chi connectivity index (χ4v) is 3.51. The monoisotopic (exact) mass is 288 g/mol. The highest BCUT2D eigenvalue weighted by atomic mass is 16.5. The molecular weight excluding hydrogens is 260 g/mol. The van der Waals surface area contributed by atoms with Crippen LogP contribution in [-0.4, -0.2) is 42.8 Å². The molecule has 0 aromatic heterocycles. The normalized spacial score (nSPS) is 27.5. The van der Waals surface area contributed by atoms with E-state index < -0.39 is 0 Å². The maximum atomic E-state index is 5.63. The SMILES string of the molecule is CCOC1CC(NC2CCN(Cc3ccccc3)CC2)C1. The molecule has 0 unspecified atom stereocenters. The fraction of sp³-hybridized carbons (Fsp3) is 0.667. The van der Waals surface area contributed by atoms with E-state index in [2.05, 4.69) is 47.5 Å². The number of likely N-dealkylation sites (tertiary alicyclic amines) is 1. The van der Waals surface area contributed by atoms with Crippen LogP contribution in [0.15, 0.2) is 30.3 Å². The largest absolute Gasteiger partial charge is 0.378 e. The first-order chi connectivity index (χ1) is 10.3. The molecule has 1 aliphatic heterocycles. The van der Waals surface area contributed by atoms with Gasteiger partial charge in [-0.25, -0.2) is 0 Å². The van der Waals surface area contributed by atoms with E-state index in [1.165, 1.54) is 44.3 Å². The number of benzene rings is 1. The Balaban J connectivity index is 1.34. The number of piperidine rings is 1. The van der Waals surface area contributed by atoms with Crippen molar-refractivity contribution in [2.75, 3.05) is 19.7 Å². The van der Waals surface area contributed by atoms with E-state index in [-0.39, 0.29) is 0 Å². The molecule has 1 aromatic rings. The van der Waals surface area contributed by atoms with Crippen LogP contribution in [0.1, 0.15) is 38.2 Å². The molecule has 0 radical (unpaired) electrons. The standard InChI is InChI=1S/C18H28N2O/c1-2-21-18-12-17(13-18)19-16-8-10-20(11-9-16)14-15-6-4-3-5-7-15/h3-7,16-19H,2,8-14H2,1H3. The van der Waals surface area contributed by atoms with Gasteiger partial charge in [-0.3, -0.25) is 4.90 Å². The van der Waals surface area contributed by atoms with Crippen LogP contribution in [0.3, 0.4) is 0 Å². The highest BCUT2D eigenvalue weighted by molar-refractivity contribution is 5.14. The highest BCUT2D eigenvalue weighted by Gasteiger charge is 2.31. The smallest absolute Gasteiger partial charge is 0.0604 e. The third kappa shape index (κ3) is 4.29. The summed E-state index contributed by atoms with van der Waals surface area (Å²) < 4.78 is 5.63. The van der Waals surface area contributed by atoms with Crippen molar-refractivity contribution in [3.05, 3.63) is 35.9 Å². The summed E-state index contributed by atoms with van der Waals surface area (Å²) in [4.78, 5) is 2.58. The van der Waals surface area contributed by atoms with Gasteiger partial charge in [-0.2, -0.15) is 0 Å². The number of rotatable bonds is 6. The minimum atomic E-state index is 0.519. The molecule has 1 saturated heterocycles. The summed E-state index contributed by atoms with van der Waals surface area (Å²) in [5, 5.41) is 3.82. The summed E-state index contributed by atoms with van der Waals surface area (Å²) in [6.07, 6.45) is 5.49. The molecule has 0 amide bonds. The predicted molar refractivity (Wildman–Crippen MR) is 86.3 cm³/mol. The van der Waals surface area contributed by atoms with E-state index in [9.17, 15) is 0 Å². The van der Waals surface area contributed by atoms with Gasteiger partial charge in [-0.1, -0.05) is 30.3 Å². The first kappa shape index (κ1) is 15.0. The number of ether oxygens (including phenoxy) is 1. The zero-order chi connectivity index (χ0) is 14.5. The topological polar surface area (TPSA) is 24.5 Å². The van der Waals surface area contributed by atoms with Crippen molar-refractivity contribution in [2.24, 2.45) is 0 Å². The van der Waals surface area contributed by atoms with Crippen LogP contribution in [0.25, 0.3) is 0 Å². The maximum absolute atomic E-state index is 5.63. The minimum Gasteiger partial charge on any atom is -0.378 e. The quantitative estimate of drug-likeness (QED) is 0.871. The lowest BCUT2D eigenvalue weighted by molar-refractivity contribution is -0.0143. The van der Waals surface area contributed by atoms with Crippen LogP contribution in [0, 0.1) is 0 Å². The predicted octanol–water partition coefficient (Wildman–Crippen LogP) is 2.81. The number of nitrogens with zero attached hydrogens (tertiary/aromatic N) is 1. The summed E-state index contributed by atoms with van der Waals surface area (Å²) >= 11 is 0. The van der Waals surface area contributed by atoms with Gasteiger partial charge in [-0.05, 0) is 51.3 Å². The molecule has 1 saturated carbocycles. The molecule has 1 heterocycles. The van der Waals surface area contributed by atoms with Crippen molar-refractivity contribution in [3.8, 4) is 0 Å².